The maximum atomic E-state index is 5.91. The molecule has 0 aliphatic rings. The van der Waals surface area contributed by atoms with Crippen LogP contribution in [0.3, 0.4) is 0 Å². The molecule has 7 nitrogen and oxygen atoms in total. The second-order valence-electron chi connectivity index (χ2n) is 15.2. The van der Waals surface area contributed by atoms with Crippen LogP contribution in [0.25, 0.3) is 97.0 Å². The van der Waals surface area contributed by atoms with Crippen LogP contribution in [0.4, 0.5) is 0 Å². The van der Waals surface area contributed by atoms with Gasteiger partial charge in [-0.2, -0.15) is 0 Å². The summed E-state index contributed by atoms with van der Waals surface area (Å²) < 4.78 is 6.48. The van der Waals surface area contributed by atoms with E-state index in [9.17, 15) is 0 Å². The van der Waals surface area contributed by atoms with E-state index in [-0.39, 0.29) is 0 Å². The van der Waals surface area contributed by atoms with Gasteiger partial charge in [-0.15, -0.1) is 5.10 Å². The first-order valence-corrected chi connectivity index (χ1v) is 19.2. The number of pyridine rings is 2. The molecule has 3 aromatic heterocycles. The third-order valence-corrected chi connectivity index (χ3v) is 12.1. The summed E-state index contributed by atoms with van der Waals surface area (Å²) in [5.41, 5.74) is 8.15. The largest absolute Gasteiger partial charge is 0.325 e. The van der Waals surface area contributed by atoms with Gasteiger partial charge < -0.3 is 11.1 Å². The van der Waals surface area contributed by atoms with Gasteiger partial charge in [-0.1, -0.05) is 84.1 Å². The summed E-state index contributed by atoms with van der Waals surface area (Å²) in [7, 11) is 0. The smallest absolute Gasteiger partial charge is 0.176 e. The number of hydrogen-bond acceptors (Lipinski definition) is 4. The third-order valence-electron chi connectivity index (χ3n) is 12.1. The Morgan fingerprint density at radius 3 is 1.58 bits per heavy atom. The Kier molecular flexibility index (Phi) is 6.58. The summed E-state index contributed by atoms with van der Waals surface area (Å²) in [4.78, 5) is 0. The molecule has 3 N–H and O–H groups in total. The molecule has 9 aromatic carbocycles. The Balaban J connectivity index is 0.805. The fraction of sp³-hybridized carbons (Fsp3) is 0.125. The molecule has 0 aliphatic heterocycles. The molecule has 55 heavy (non-hydrogen) atoms. The van der Waals surface area contributed by atoms with Crippen LogP contribution >= 0.6 is 0 Å². The van der Waals surface area contributed by atoms with Gasteiger partial charge in [-0.05, 0) is 94.5 Å². The monoisotopic (exact) mass is 711 g/mol. The number of nitrogens with two attached hydrogens (primary N) is 1. The van der Waals surface area contributed by atoms with Crippen LogP contribution in [0.15, 0.2) is 134 Å². The number of fused-ring (bicyclic) bond motifs is 2. The fourth-order valence-corrected chi connectivity index (χ4v) is 9.65. The summed E-state index contributed by atoms with van der Waals surface area (Å²) in [6.45, 7) is 4.39. The minimum atomic E-state index is 0.623. The lowest BCUT2D eigenvalue weighted by atomic mass is 9.86. The number of nitrogens with one attached hydrogen (secondary N) is 1. The molecule has 0 saturated carbocycles. The van der Waals surface area contributed by atoms with Gasteiger partial charge >= 0.3 is 0 Å². The predicted octanol–water partition coefficient (Wildman–Crippen LogP) is 8.49. The van der Waals surface area contributed by atoms with E-state index in [1.54, 1.807) is 0 Å². The van der Waals surface area contributed by atoms with Crippen LogP contribution in [-0.4, -0.2) is 21.5 Å². The zero-order chi connectivity index (χ0) is 36.2. The molecule has 7 heteroatoms. The van der Waals surface area contributed by atoms with Gasteiger partial charge in [0.25, 0.3) is 0 Å². The lowest BCUT2D eigenvalue weighted by Crippen LogP contribution is -2.36. The molecule has 0 bridgehead atoms. The highest BCUT2D eigenvalue weighted by molar-refractivity contribution is 6.39. The first kappa shape index (κ1) is 30.9. The molecule has 0 spiro atoms. The van der Waals surface area contributed by atoms with E-state index in [0.29, 0.717) is 13.1 Å². The average Bonchev–Trinajstić information content (AvgIpc) is 3.68. The van der Waals surface area contributed by atoms with E-state index in [1.165, 1.54) is 103 Å². The van der Waals surface area contributed by atoms with Crippen molar-refractivity contribution in [1.82, 2.24) is 20.3 Å². The molecule has 0 amide bonds. The Morgan fingerprint density at radius 1 is 0.491 bits per heavy atom. The third kappa shape index (κ3) is 4.64. The Hall–Kier alpha value is -6.54. The van der Waals surface area contributed by atoms with Crippen LogP contribution in [0.5, 0.6) is 0 Å². The Labute approximate surface area is 315 Å². The fourth-order valence-electron chi connectivity index (χ4n) is 9.65. The highest BCUT2D eigenvalue weighted by atomic mass is 15.4. The topological polar surface area (TPSA) is 76.5 Å². The van der Waals surface area contributed by atoms with E-state index in [0.717, 1.165) is 31.9 Å². The van der Waals surface area contributed by atoms with Crippen molar-refractivity contribution in [3.63, 3.8) is 0 Å². The van der Waals surface area contributed by atoms with Crippen molar-refractivity contribution >= 4 is 97.0 Å². The summed E-state index contributed by atoms with van der Waals surface area (Å²) in [6, 6.07) is 38.5. The maximum absolute atomic E-state index is 5.91. The molecular weight excluding hydrogens is 675 g/mol. The van der Waals surface area contributed by atoms with E-state index >= 15 is 0 Å². The minimum absolute atomic E-state index is 0.623. The van der Waals surface area contributed by atoms with E-state index in [4.69, 9.17) is 5.73 Å². The van der Waals surface area contributed by atoms with Gasteiger partial charge in [0, 0.05) is 45.4 Å². The van der Waals surface area contributed by atoms with Crippen molar-refractivity contribution in [1.29, 1.82) is 0 Å². The SMILES string of the molecule is NCC[n+]1cc2ccc3c4ccc5c[n+](CCn6cc(CNCc7ccc8ccc9cccc%10ccc7c8c9%10)nn6)cc6ccc(c7ccc(c1)c2c37)c4c56. The second-order valence-corrected chi connectivity index (χ2v) is 15.2. The lowest BCUT2D eigenvalue weighted by molar-refractivity contribution is -0.695. The highest BCUT2D eigenvalue weighted by Crippen LogP contribution is 2.44. The Bertz CT molecular complexity index is 3300. The van der Waals surface area contributed by atoms with Crippen LogP contribution in [0.1, 0.15) is 11.3 Å². The van der Waals surface area contributed by atoms with Crippen molar-refractivity contribution in [3.05, 3.63) is 145 Å². The van der Waals surface area contributed by atoms with Crippen molar-refractivity contribution < 1.29 is 9.13 Å². The first-order valence-electron chi connectivity index (χ1n) is 19.2. The number of rotatable bonds is 9. The molecule has 0 unspecified atom stereocenters. The molecule has 3 heterocycles. The van der Waals surface area contributed by atoms with Gasteiger partial charge in [0.2, 0.25) is 0 Å². The van der Waals surface area contributed by atoms with Gasteiger partial charge in [-0.3, -0.25) is 0 Å². The molecule has 0 fully saturated rings. The molecule has 0 saturated heterocycles. The summed E-state index contributed by atoms with van der Waals surface area (Å²) in [6.07, 6.45) is 11.1. The zero-order valence-electron chi connectivity index (χ0n) is 30.3. The van der Waals surface area contributed by atoms with Gasteiger partial charge in [0.15, 0.2) is 37.9 Å². The number of aryl methyl sites for hydroxylation is 2. The molecule has 0 atom stereocenters. The quantitative estimate of drug-likeness (QED) is 0.0895. The molecule has 0 aliphatic carbocycles. The van der Waals surface area contributed by atoms with E-state index < -0.39 is 0 Å². The van der Waals surface area contributed by atoms with E-state index in [1.807, 2.05) is 4.68 Å². The van der Waals surface area contributed by atoms with E-state index in [2.05, 4.69) is 159 Å². The highest BCUT2D eigenvalue weighted by Gasteiger charge is 2.21. The van der Waals surface area contributed by atoms with Crippen LogP contribution in [-0.2, 0) is 32.7 Å². The second kappa shape index (κ2) is 11.7. The predicted molar refractivity (Wildman–Crippen MR) is 224 cm³/mol. The van der Waals surface area contributed by atoms with Crippen molar-refractivity contribution in [3.8, 4) is 0 Å². The average molecular weight is 712 g/mol. The van der Waals surface area contributed by atoms with Crippen molar-refractivity contribution in [2.24, 2.45) is 5.73 Å². The molecular formula is C48H37N7+2. The number of benzene rings is 9. The lowest BCUT2D eigenvalue weighted by Gasteiger charge is -2.17. The van der Waals surface area contributed by atoms with Crippen LogP contribution in [0.2, 0.25) is 0 Å². The standard InChI is InChI=1S/C48H37N7/c49-18-19-53-24-33-9-14-39-41-16-11-35-26-54(27-36-12-17-42(48(41)45(35)36)40-15-10-34(25-53)44(33)47(39)40)20-21-55-28-37(51-52-55)23-50-22-32-7-6-31-5-4-29-2-1-3-30-8-13-38(32)46(31)43(29)30/h1-17,24-28,50H,18-23,49H2/q+2. The summed E-state index contributed by atoms with van der Waals surface area (Å²) >= 11 is 0. The normalized spacial score (nSPS) is 12.6. The minimum Gasteiger partial charge on any atom is -0.325 e. The van der Waals surface area contributed by atoms with Gasteiger partial charge in [0.1, 0.15) is 6.54 Å². The number of nitrogens with zero attached hydrogens (tertiary/aromatic N) is 5. The Morgan fingerprint density at radius 2 is 0.982 bits per heavy atom. The van der Waals surface area contributed by atoms with Gasteiger partial charge in [0.05, 0.1) is 18.4 Å². The molecule has 12 rings (SSSR count). The maximum Gasteiger partial charge on any atom is 0.176 e. The molecule has 262 valence electrons. The molecule has 0 radical (unpaired) electrons. The van der Waals surface area contributed by atoms with Gasteiger partial charge in [-0.25, -0.2) is 13.8 Å². The number of hydrogen-bond donors (Lipinski definition) is 2. The van der Waals surface area contributed by atoms with Crippen molar-refractivity contribution in [2.45, 2.75) is 32.7 Å². The number of aromatic nitrogens is 5. The summed E-state index contributed by atoms with van der Waals surface area (Å²) in [5.74, 6) is 0. The van der Waals surface area contributed by atoms with Crippen molar-refractivity contribution in [2.75, 3.05) is 6.54 Å². The van der Waals surface area contributed by atoms with Crippen LogP contribution < -0.4 is 20.2 Å². The van der Waals surface area contributed by atoms with Crippen LogP contribution in [0, 0.1) is 0 Å². The molecule has 12 aromatic rings. The summed E-state index contributed by atoms with van der Waals surface area (Å²) in [5, 5.41) is 36.2. The first-order chi connectivity index (χ1) is 27.2. The zero-order valence-corrected chi connectivity index (χ0v) is 30.3.